The number of carboxylic acid groups (broad SMARTS) is 1. The van der Waals surface area contributed by atoms with E-state index in [-0.39, 0.29) is 6.61 Å². The quantitative estimate of drug-likeness (QED) is 0.279. The number of aliphatic hydroxyl groups excluding tert-OH is 1. The predicted octanol–water partition coefficient (Wildman–Crippen LogP) is 3.60. The molecule has 35 heavy (non-hydrogen) atoms. The Kier molecular flexibility index (Phi) is 8.42. The molecule has 0 saturated heterocycles. The van der Waals surface area contributed by atoms with Gasteiger partial charge in [0.15, 0.2) is 0 Å². The predicted molar refractivity (Wildman–Crippen MR) is 139 cm³/mol. The van der Waals surface area contributed by atoms with Gasteiger partial charge in [-0.05, 0) is 43.7 Å². The van der Waals surface area contributed by atoms with Crippen LogP contribution in [0.4, 0.5) is 11.4 Å². The number of nitrogens with zero attached hydrogens (tertiary/aromatic N) is 1. The standard InChI is InChI=1S/C25H31N3O6S/c1-4-18(25(30)31)15-21-17(2)26-23-16-19(9-10-20(21)23)34-14-12-28(11-13-29)24-8-6-5-7-22(24)27-35(3,32)33/h5-10,15-16,26-27,29H,4,11-14H2,1-3H3,(H,30,31). The van der Waals surface area contributed by atoms with E-state index in [1.165, 1.54) is 0 Å². The molecular formula is C25H31N3O6S. The van der Waals surface area contributed by atoms with E-state index in [1.807, 2.05) is 36.9 Å². The second-order valence-electron chi connectivity index (χ2n) is 8.15. The maximum absolute atomic E-state index is 11.7. The summed E-state index contributed by atoms with van der Waals surface area (Å²) in [4.78, 5) is 16.6. The number of fused-ring (bicyclic) bond motifs is 1. The lowest BCUT2D eigenvalue weighted by atomic mass is 10.1. The van der Waals surface area contributed by atoms with Crippen LogP contribution in [0.1, 0.15) is 24.6 Å². The maximum atomic E-state index is 11.7. The minimum absolute atomic E-state index is 0.104. The van der Waals surface area contributed by atoms with Crippen molar-refractivity contribution in [2.24, 2.45) is 0 Å². The Morgan fingerprint density at radius 1 is 1.20 bits per heavy atom. The zero-order valence-electron chi connectivity index (χ0n) is 20.0. The van der Waals surface area contributed by atoms with Gasteiger partial charge in [-0.2, -0.15) is 0 Å². The molecule has 0 radical (unpaired) electrons. The number of sulfonamides is 1. The van der Waals surface area contributed by atoms with Crippen molar-refractivity contribution in [2.45, 2.75) is 20.3 Å². The number of aryl methyl sites for hydroxylation is 1. The van der Waals surface area contributed by atoms with Crippen molar-refractivity contribution in [1.82, 2.24) is 4.98 Å². The fourth-order valence-electron chi connectivity index (χ4n) is 3.88. The largest absolute Gasteiger partial charge is 0.492 e. The molecule has 3 rings (SSSR count). The summed E-state index contributed by atoms with van der Waals surface area (Å²) in [7, 11) is -3.46. The molecular weight excluding hydrogens is 470 g/mol. The van der Waals surface area contributed by atoms with Gasteiger partial charge < -0.3 is 24.8 Å². The van der Waals surface area contributed by atoms with Gasteiger partial charge in [-0.3, -0.25) is 4.72 Å². The third-order valence-corrected chi connectivity index (χ3v) is 6.11. The highest BCUT2D eigenvalue weighted by atomic mass is 32.2. The van der Waals surface area contributed by atoms with Gasteiger partial charge in [0.2, 0.25) is 10.0 Å². The number of aliphatic carboxylic acids is 1. The number of H-pyrrole nitrogens is 1. The molecule has 0 atom stereocenters. The Balaban J connectivity index is 1.76. The average molecular weight is 502 g/mol. The van der Waals surface area contributed by atoms with E-state index in [1.54, 1.807) is 30.3 Å². The minimum atomic E-state index is -3.46. The molecule has 188 valence electrons. The first-order valence-electron chi connectivity index (χ1n) is 11.2. The summed E-state index contributed by atoms with van der Waals surface area (Å²) < 4.78 is 31.9. The third-order valence-electron chi connectivity index (χ3n) is 5.52. The number of aromatic nitrogens is 1. The van der Waals surface area contributed by atoms with Crippen molar-refractivity contribution < 1.29 is 28.2 Å². The van der Waals surface area contributed by atoms with E-state index in [4.69, 9.17) is 4.74 Å². The average Bonchev–Trinajstić information content (AvgIpc) is 3.10. The van der Waals surface area contributed by atoms with Gasteiger partial charge in [0.25, 0.3) is 0 Å². The van der Waals surface area contributed by atoms with Crippen LogP contribution in [0.25, 0.3) is 17.0 Å². The van der Waals surface area contributed by atoms with Gasteiger partial charge in [-0.15, -0.1) is 0 Å². The van der Waals surface area contributed by atoms with Crippen molar-refractivity contribution in [1.29, 1.82) is 0 Å². The molecule has 0 spiro atoms. The number of ether oxygens (including phenoxy) is 1. The summed E-state index contributed by atoms with van der Waals surface area (Å²) >= 11 is 0. The highest BCUT2D eigenvalue weighted by Crippen LogP contribution is 2.29. The molecule has 0 unspecified atom stereocenters. The van der Waals surface area contributed by atoms with E-state index < -0.39 is 16.0 Å². The van der Waals surface area contributed by atoms with Crippen LogP contribution < -0.4 is 14.4 Å². The van der Waals surface area contributed by atoms with E-state index in [2.05, 4.69) is 9.71 Å². The molecule has 0 saturated carbocycles. The number of benzene rings is 2. The molecule has 10 heteroatoms. The maximum Gasteiger partial charge on any atom is 0.331 e. The van der Waals surface area contributed by atoms with E-state index in [9.17, 15) is 23.4 Å². The van der Waals surface area contributed by atoms with Gasteiger partial charge in [-0.25, -0.2) is 13.2 Å². The van der Waals surface area contributed by atoms with Crippen LogP contribution in [0.15, 0.2) is 48.0 Å². The summed E-state index contributed by atoms with van der Waals surface area (Å²) in [6.07, 6.45) is 3.22. The molecule has 0 aliphatic rings. The number of carbonyl (C=O) groups is 1. The molecule has 1 aromatic heterocycles. The van der Waals surface area contributed by atoms with E-state index in [0.29, 0.717) is 48.8 Å². The van der Waals surface area contributed by atoms with E-state index >= 15 is 0 Å². The van der Waals surface area contributed by atoms with Gasteiger partial charge >= 0.3 is 5.97 Å². The second kappa shape index (κ2) is 11.3. The van der Waals surface area contributed by atoms with Gasteiger partial charge in [0.05, 0.1) is 30.8 Å². The number of anilines is 2. The number of hydrogen-bond acceptors (Lipinski definition) is 6. The smallest absolute Gasteiger partial charge is 0.331 e. The molecule has 0 amide bonds. The van der Waals surface area contributed by atoms with Crippen LogP contribution in [-0.2, 0) is 14.8 Å². The van der Waals surface area contributed by atoms with Gasteiger partial charge in [-0.1, -0.05) is 19.1 Å². The Bertz CT molecular complexity index is 1330. The number of carboxylic acids is 1. The molecule has 0 fully saturated rings. The van der Waals surface area contributed by atoms with Gasteiger partial charge in [0, 0.05) is 40.3 Å². The Morgan fingerprint density at radius 2 is 1.94 bits per heavy atom. The highest BCUT2D eigenvalue weighted by molar-refractivity contribution is 7.92. The monoisotopic (exact) mass is 501 g/mol. The molecule has 0 aliphatic carbocycles. The lowest BCUT2D eigenvalue weighted by molar-refractivity contribution is -0.132. The van der Waals surface area contributed by atoms with Crippen LogP contribution in [0.2, 0.25) is 0 Å². The minimum Gasteiger partial charge on any atom is -0.492 e. The molecule has 4 N–H and O–H groups in total. The SMILES string of the molecule is CCC(=Cc1c(C)[nH]c2cc(OCCN(CCO)c3ccccc3NS(C)(=O)=O)ccc12)C(=O)O. The lowest BCUT2D eigenvalue weighted by Gasteiger charge is -2.26. The summed E-state index contributed by atoms with van der Waals surface area (Å²) in [5, 5.41) is 19.8. The Morgan fingerprint density at radius 3 is 2.60 bits per heavy atom. The highest BCUT2D eigenvalue weighted by Gasteiger charge is 2.15. The zero-order valence-corrected chi connectivity index (χ0v) is 20.9. The number of para-hydroxylation sites is 2. The summed E-state index contributed by atoms with van der Waals surface area (Å²) in [6, 6.07) is 12.6. The number of rotatable bonds is 12. The Labute approximate surface area is 205 Å². The number of hydrogen-bond donors (Lipinski definition) is 4. The van der Waals surface area contributed by atoms with Crippen LogP contribution >= 0.6 is 0 Å². The summed E-state index contributed by atoms with van der Waals surface area (Å²) in [5.41, 5.74) is 3.96. The molecule has 1 heterocycles. The normalized spacial score (nSPS) is 12.1. The van der Waals surface area contributed by atoms with Crippen molar-refractivity contribution in [3.8, 4) is 5.75 Å². The first-order chi connectivity index (χ1) is 16.6. The number of aliphatic hydroxyl groups is 1. The topological polar surface area (TPSA) is 132 Å². The Hall–Kier alpha value is -3.50. The van der Waals surface area contributed by atoms with Crippen LogP contribution in [-0.4, -0.2) is 62.1 Å². The first kappa shape index (κ1) is 26.1. The van der Waals surface area contributed by atoms with Crippen LogP contribution in [0.3, 0.4) is 0 Å². The van der Waals surface area contributed by atoms with Gasteiger partial charge in [0.1, 0.15) is 12.4 Å². The third kappa shape index (κ3) is 6.77. The molecule has 2 aromatic carbocycles. The van der Waals surface area contributed by atoms with Crippen molar-refractivity contribution in [3.63, 3.8) is 0 Å². The summed E-state index contributed by atoms with van der Waals surface area (Å²) in [5.74, 6) is -0.295. The lowest BCUT2D eigenvalue weighted by Crippen LogP contribution is -2.32. The summed E-state index contributed by atoms with van der Waals surface area (Å²) in [6.45, 7) is 4.62. The van der Waals surface area contributed by atoms with Crippen molar-refractivity contribution in [2.75, 3.05) is 42.2 Å². The van der Waals surface area contributed by atoms with Crippen LogP contribution in [0.5, 0.6) is 5.75 Å². The fraction of sp³-hybridized carbons (Fsp3) is 0.320. The van der Waals surface area contributed by atoms with Crippen LogP contribution in [0, 0.1) is 6.92 Å². The second-order valence-corrected chi connectivity index (χ2v) is 9.90. The number of aromatic amines is 1. The molecule has 9 nitrogen and oxygen atoms in total. The molecule has 3 aromatic rings. The van der Waals surface area contributed by atoms with Crippen molar-refractivity contribution in [3.05, 3.63) is 59.3 Å². The molecule has 0 aliphatic heterocycles. The first-order valence-corrected chi connectivity index (χ1v) is 13.1. The van der Waals surface area contributed by atoms with E-state index in [0.717, 1.165) is 28.4 Å². The van der Waals surface area contributed by atoms with Crippen molar-refractivity contribution >= 4 is 44.3 Å². The molecule has 0 bridgehead atoms. The zero-order chi connectivity index (χ0) is 25.6. The fourth-order valence-corrected chi connectivity index (χ4v) is 4.45. The number of nitrogens with one attached hydrogen (secondary N) is 2.